The highest BCUT2D eigenvalue weighted by Gasteiger charge is 2.20. The van der Waals surface area contributed by atoms with E-state index in [-0.39, 0.29) is 18.3 Å². The van der Waals surface area contributed by atoms with Gasteiger partial charge in [-0.1, -0.05) is 26.0 Å². The van der Waals surface area contributed by atoms with E-state index in [0.29, 0.717) is 25.0 Å². The van der Waals surface area contributed by atoms with Crippen LogP contribution in [-0.2, 0) is 4.79 Å². The van der Waals surface area contributed by atoms with Crippen molar-refractivity contribution in [2.75, 3.05) is 33.2 Å². The number of halogens is 1. The number of hydrogen-bond acceptors (Lipinski definition) is 3. The summed E-state index contributed by atoms with van der Waals surface area (Å²) in [6.07, 6.45) is 3.77. The van der Waals surface area contributed by atoms with Crippen LogP contribution in [0.1, 0.15) is 13.8 Å². The molecule has 0 saturated carbocycles. The summed E-state index contributed by atoms with van der Waals surface area (Å²) in [5.74, 6) is 0.486. The summed E-state index contributed by atoms with van der Waals surface area (Å²) in [6.45, 7) is 14.5. The quantitative estimate of drug-likeness (QED) is 0.598. The van der Waals surface area contributed by atoms with E-state index >= 15 is 0 Å². The Morgan fingerprint density at radius 3 is 2.16 bits per heavy atom. The van der Waals surface area contributed by atoms with Crippen LogP contribution >= 0.6 is 12.4 Å². The Labute approximate surface area is 123 Å². The van der Waals surface area contributed by atoms with Gasteiger partial charge in [-0.15, -0.1) is 25.6 Å². The molecule has 112 valence electrons. The maximum Gasteiger partial charge on any atom is 0.234 e. The van der Waals surface area contributed by atoms with Gasteiger partial charge in [0, 0.05) is 25.7 Å². The van der Waals surface area contributed by atoms with Crippen molar-refractivity contribution < 1.29 is 4.79 Å². The molecule has 0 aromatic carbocycles. The molecule has 0 bridgehead atoms. The topological polar surface area (TPSA) is 44.4 Å². The molecule has 0 rings (SSSR count). The average Bonchev–Trinajstić information content (AvgIpc) is 2.29. The number of nitrogens with zero attached hydrogens (tertiary/aromatic N) is 1. The van der Waals surface area contributed by atoms with Crippen LogP contribution in [0.4, 0.5) is 0 Å². The first-order chi connectivity index (χ1) is 8.56. The summed E-state index contributed by atoms with van der Waals surface area (Å²) in [7, 11) is 1.77. The Balaban J connectivity index is 0. The molecule has 1 unspecified atom stereocenters. The number of hydrogen-bond donors (Lipinski definition) is 2. The molecule has 0 aromatic heterocycles. The largest absolute Gasteiger partial charge is 0.353 e. The number of nitrogens with one attached hydrogen (secondary N) is 2. The molecule has 0 aliphatic carbocycles. The fourth-order valence-electron chi connectivity index (χ4n) is 1.90. The molecule has 1 amide bonds. The van der Waals surface area contributed by atoms with Crippen LogP contribution in [0.5, 0.6) is 0 Å². The second-order valence-electron chi connectivity index (χ2n) is 4.68. The minimum Gasteiger partial charge on any atom is -0.353 e. The molecule has 5 heteroatoms. The van der Waals surface area contributed by atoms with Gasteiger partial charge in [-0.05, 0) is 13.0 Å². The third-order valence-electron chi connectivity index (χ3n) is 2.81. The van der Waals surface area contributed by atoms with Crippen molar-refractivity contribution in [1.29, 1.82) is 0 Å². The molecule has 2 N–H and O–H groups in total. The van der Waals surface area contributed by atoms with Crippen molar-refractivity contribution >= 4 is 18.3 Å². The lowest BCUT2D eigenvalue weighted by Gasteiger charge is -2.33. The highest BCUT2D eigenvalue weighted by atomic mass is 35.5. The Hall–Kier alpha value is -0.840. The first kappa shape index (κ1) is 20.5. The van der Waals surface area contributed by atoms with Crippen LogP contribution in [-0.4, -0.2) is 50.1 Å². The number of amides is 1. The summed E-state index contributed by atoms with van der Waals surface area (Å²) in [4.78, 5) is 13.7. The summed E-state index contributed by atoms with van der Waals surface area (Å²) >= 11 is 0. The van der Waals surface area contributed by atoms with E-state index in [2.05, 4.69) is 42.5 Å². The van der Waals surface area contributed by atoms with Crippen LogP contribution in [0.15, 0.2) is 25.3 Å². The van der Waals surface area contributed by atoms with Crippen LogP contribution in [0.3, 0.4) is 0 Å². The van der Waals surface area contributed by atoms with Crippen LogP contribution in [0.2, 0.25) is 0 Å². The molecular formula is C14H28ClN3O. The number of rotatable bonds is 10. The molecule has 0 aliphatic heterocycles. The summed E-state index contributed by atoms with van der Waals surface area (Å²) < 4.78 is 0. The Kier molecular flexibility index (Phi) is 13.2. The number of carbonyl (C=O) groups excluding carboxylic acids is 1. The average molecular weight is 290 g/mol. The summed E-state index contributed by atoms with van der Waals surface area (Å²) in [6, 6.07) is 0.293. The van der Waals surface area contributed by atoms with Gasteiger partial charge in [0.2, 0.25) is 5.91 Å². The standard InChI is InChI=1S/C14H27N3O.ClH/c1-6-8-17(9-7-2)13(12(3)4)10-16-14(18)11-15-5;/h6-7,12-13,15H,1-2,8-11H2,3-5H3,(H,16,18);1H. The molecule has 0 aromatic rings. The lowest BCUT2D eigenvalue weighted by Crippen LogP contribution is -2.48. The first-order valence-electron chi connectivity index (χ1n) is 6.43. The highest BCUT2D eigenvalue weighted by Crippen LogP contribution is 2.10. The third kappa shape index (κ3) is 8.81. The smallest absolute Gasteiger partial charge is 0.234 e. The summed E-state index contributed by atoms with van der Waals surface area (Å²) in [5, 5.41) is 5.79. The van der Waals surface area contributed by atoms with E-state index < -0.39 is 0 Å². The van der Waals surface area contributed by atoms with Crippen LogP contribution in [0, 0.1) is 5.92 Å². The normalized spacial score (nSPS) is 11.8. The van der Waals surface area contributed by atoms with Crippen molar-refractivity contribution in [1.82, 2.24) is 15.5 Å². The van der Waals surface area contributed by atoms with Gasteiger partial charge < -0.3 is 10.6 Å². The first-order valence-corrected chi connectivity index (χ1v) is 6.43. The van der Waals surface area contributed by atoms with Gasteiger partial charge >= 0.3 is 0 Å². The zero-order valence-corrected chi connectivity index (χ0v) is 13.1. The molecule has 0 spiro atoms. The van der Waals surface area contributed by atoms with Crippen molar-refractivity contribution in [2.45, 2.75) is 19.9 Å². The Morgan fingerprint density at radius 2 is 1.79 bits per heavy atom. The Bertz CT molecular complexity index is 259. The number of carbonyl (C=O) groups is 1. The second kappa shape index (κ2) is 12.2. The molecule has 4 nitrogen and oxygen atoms in total. The maximum absolute atomic E-state index is 11.5. The molecule has 0 fully saturated rings. The van der Waals surface area contributed by atoms with E-state index in [1.165, 1.54) is 0 Å². The van der Waals surface area contributed by atoms with Gasteiger partial charge in [0.25, 0.3) is 0 Å². The van der Waals surface area contributed by atoms with Gasteiger partial charge in [-0.3, -0.25) is 9.69 Å². The molecule has 1 atom stereocenters. The third-order valence-corrected chi connectivity index (χ3v) is 2.81. The van der Waals surface area contributed by atoms with Crippen molar-refractivity contribution in [3.63, 3.8) is 0 Å². The monoisotopic (exact) mass is 289 g/mol. The molecule has 0 heterocycles. The second-order valence-corrected chi connectivity index (χ2v) is 4.68. The highest BCUT2D eigenvalue weighted by molar-refractivity contribution is 5.85. The van der Waals surface area contributed by atoms with Gasteiger partial charge in [0.05, 0.1) is 6.54 Å². The van der Waals surface area contributed by atoms with E-state index in [4.69, 9.17) is 0 Å². The fourth-order valence-corrected chi connectivity index (χ4v) is 1.90. The van der Waals surface area contributed by atoms with Crippen LogP contribution < -0.4 is 10.6 Å². The minimum absolute atomic E-state index is 0. The lowest BCUT2D eigenvalue weighted by atomic mass is 10.0. The van der Waals surface area contributed by atoms with Crippen LogP contribution in [0.25, 0.3) is 0 Å². The van der Waals surface area contributed by atoms with Crippen molar-refractivity contribution in [3.8, 4) is 0 Å². The zero-order valence-electron chi connectivity index (χ0n) is 12.3. The predicted octanol–water partition coefficient (Wildman–Crippen LogP) is 1.44. The zero-order chi connectivity index (χ0) is 14.0. The predicted molar refractivity (Wildman–Crippen MR) is 84.8 cm³/mol. The minimum atomic E-state index is 0. The summed E-state index contributed by atoms with van der Waals surface area (Å²) in [5.41, 5.74) is 0. The van der Waals surface area contributed by atoms with E-state index in [1.807, 2.05) is 12.2 Å². The van der Waals surface area contributed by atoms with Gasteiger partial charge in [0.15, 0.2) is 0 Å². The van der Waals surface area contributed by atoms with E-state index in [1.54, 1.807) is 7.05 Å². The van der Waals surface area contributed by atoms with Gasteiger partial charge in [0.1, 0.15) is 0 Å². The van der Waals surface area contributed by atoms with E-state index in [9.17, 15) is 4.79 Å². The van der Waals surface area contributed by atoms with E-state index in [0.717, 1.165) is 13.1 Å². The van der Waals surface area contributed by atoms with Gasteiger partial charge in [-0.2, -0.15) is 0 Å². The molecular weight excluding hydrogens is 262 g/mol. The molecule has 0 saturated heterocycles. The SMILES string of the molecule is C=CCN(CC=C)C(CNC(=O)CNC)C(C)C.Cl. The van der Waals surface area contributed by atoms with Gasteiger partial charge in [-0.25, -0.2) is 0 Å². The van der Waals surface area contributed by atoms with Crippen molar-refractivity contribution in [2.24, 2.45) is 5.92 Å². The maximum atomic E-state index is 11.5. The lowest BCUT2D eigenvalue weighted by molar-refractivity contribution is -0.120. The fraction of sp³-hybridized carbons (Fsp3) is 0.643. The Morgan fingerprint density at radius 1 is 1.26 bits per heavy atom. The van der Waals surface area contributed by atoms with Crippen molar-refractivity contribution in [3.05, 3.63) is 25.3 Å². The molecule has 19 heavy (non-hydrogen) atoms. The number of likely N-dealkylation sites (N-methyl/N-ethyl adjacent to an activating group) is 1. The molecule has 0 aliphatic rings. The molecule has 0 radical (unpaired) electrons.